The van der Waals surface area contributed by atoms with E-state index in [-0.39, 0.29) is 6.04 Å². The molecule has 1 rings (SSSR count). The van der Waals surface area contributed by atoms with E-state index in [9.17, 15) is 4.39 Å². The van der Waals surface area contributed by atoms with Crippen molar-refractivity contribution in [2.45, 2.75) is 12.2 Å². The molecule has 1 aliphatic heterocycles. The van der Waals surface area contributed by atoms with Crippen molar-refractivity contribution in [1.82, 2.24) is 10.2 Å². The SMILES string of the molecule is CN[C@H]1CN(C)CC1F. The third-order valence-electron chi connectivity index (χ3n) is 1.80. The summed E-state index contributed by atoms with van der Waals surface area (Å²) in [6.07, 6.45) is -0.681. The fourth-order valence-corrected chi connectivity index (χ4v) is 1.22. The van der Waals surface area contributed by atoms with Gasteiger partial charge in [0.2, 0.25) is 0 Å². The summed E-state index contributed by atoms with van der Waals surface area (Å²) < 4.78 is 12.7. The third kappa shape index (κ3) is 1.40. The Kier molecular flexibility index (Phi) is 2.03. The van der Waals surface area contributed by atoms with E-state index in [1.807, 2.05) is 11.9 Å². The molecular weight excluding hydrogens is 119 g/mol. The zero-order valence-corrected chi connectivity index (χ0v) is 5.89. The van der Waals surface area contributed by atoms with Crippen LogP contribution in [-0.4, -0.2) is 44.3 Å². The molecule has 2 nitrogen and oxygen atoms in total. The van der Waals surface area contributed by atoms with Gasteiger partial charge in [0, 0.05) is 13.1 Å². The van der Waals surface area contributed by atoms with Crippen LogP contribution in [0.2, 0.25) is 0 Å². The number of alkyl halides is 1. The lowest BCUT2D eigenvalue weighted by molar-refractivity contribution is 0.297. The summed E-state index contributed by atoms with van der Waals surface area (Å²) in [4.78, 5) is 1.99. The minimum Gasteiger partial charge on any atom is -0.313 e. The first kappa shape index (κ1) is 6.96. The summed E-state index contributed by atoms with van der Waals surface area (Å²) in [7, 11) is 3.74. The maximum absolute atomic E-state index is 12.7. The second-order valence-electron chi connectivity index (χ2n) is 2.63. The van der Waals surface area contributed by atoms with Gasteiger partial charge in [0.25, 0.3) is 0 Å². The van der Waals surface area contributed by atoms with Crippen molar-refractivity contribution in [3.05, 3.63) is 0 Å². The number of hydrogen-bond acceptors (Lipinski definition) is 2. The molecule has 0 spiro atoms. The first-order chi connectivity index (χ1) is 4.24. The van der Waals surface area contributed by atoms with E-state index >= 15 is 0 Å². The summed E-state index contributed by atoms with van der Waals surface area (Å²) in [5, 5.41) is 2.93. The van der Waals surface area contributed by atoms with Crippen LogP contribution < -0.4 is 5.32 Å². The summed E-state index contributed by atoms with van der Waals surface area (Å²) in [6.45, 7) is 1.41. The van der Waals surface area contributed by atoms with Crippen molar-refractivity contribution in [3.63, 3.8) is 0 Å². The fourth-order valence-electron chi connectivity index (χ4n) is 1.22. The molecule has 0 saturated carbocycles. The highest BCUT2D eigenvalue weighted by molar-refractivity contribution is 4.86. The van der Waals surface area contributed by atoms with Gasteiger partial charge in [-0.15, -0.1) is 0 Å². The summed E-state index contributed by atoms with van der Waals surface area (Å²) in [5.41, 5.74) is 0. The molecule has 0 radical (unpaired) electrons. The maximum Gasteiger partial charge on any atom is 0.129 e. The highest BCUT2D eigenvalue weighted by Crippen LogP contribution is 2.09. The van der Waals surface area contributed by atoms with E-state index in [0.717, 1.165) is 6.54 Å². The molecule has 9 heavy (non-hydrogen) atoms. The lowest BCUT2D eigenvalue weighted by Crippen LogP contribution is -2.33. The van der Waals surface area contributed by atoms with Crippen molar-refractivity contribution in [1.29, 1.82) is 0 Å². The van der Waals surface area contributed by atoms with Crippen molar-refractivity contribution in [3.8, 4) is 0 Å². The number of rotatable bonds is 1. The van der Waals surface area contributed by atoms with Gasteiger partial charge < -0.3 is 10.2 Å². The molecule has 1 unspecified atom stereocenters. The molecule has 0 aliphatic carbocycles. The summed E-state index contributed by atoms with van der Waals surface area (Å²) in [6, 6.07) is 0.0509. The van der Waals surface area contributed by atoms with Crippen LogP contribution in [0.4, 0.5) is 4.39 Å². The van der Waals surface area contributed by atoms with Crippen LogP contribution in [0.5, 0.6) is 0 Å². The zero-order valence-electron chi connectivity index (χ0n) is 5.89. The Bertz CT molecular complexity index is 97.1. The molecule has 1 N–H and O–H groups in total. The molecule has 1 fully saturated rings. The summed E-state index contributed by atoms with van der Waals surface area (Å²) in [5.74, 6) is 0. The topological polar surface area (TPSA) is 15.3 Å². The van der Waals surface area contributed by atoms with Gasteiger partial charge >= 0.3 is 0 Å². The largest absolute Gasteiger partial charge is 0.313 e. The van der Waals surface area contributed by atoms with Gasteiger partial charge in [0.15, 0.2) is 0 Å². The van der Waals surface area contributed by atoms with Crippen LogP contribution in [0, 0.1) is 0 Å². The van der Waals surface area contributed by atoms with Gasteiger partial charge in [0.05, 0.1) is 6.04 Å². The molecule has 1 aliphatic rings. The average molecular weight is 132 g/mol. The molecule has 0 aromatic rings. The molecule has 0 bridgehead atoms. The molecule has 3 heteroatoms. The Morgan fingerprint density at radius 1 is 1.56 bits per heavy atom. The highest BCUT2D eigenvalue weighted by Gasteiger charge is 2.28. The molecule has 54 valence electrons. The number of nitrogens with one attached hydrogen (secondary N) is 1. The normalized spacial score (nSPS) is 37.7. The van der Waals surface area contributed by atoms with E-state index in [4.69, 9.17) is 0 Å². The van der Waals surface area contributed by atoms with Crippen LogP contribution in [-0.2, 0) is 0 Å². The fraction of sp³-hybridized carbons (Fsp3) is 1.00. The third-order valence-corrected chi connectivity index (χ3v) is 1.80. The van der Waals surface area contributed by atoms with E-state index in [1.54, 1.807) is 7.05 Å². The molecule has 1 saturated heterocycles. The first-order valence-corrected chi connectivity index (χ1v) is 3.24. The molecule has 0 aromatic heterocycles. The van der Waals surface area contributed by atoms with Crippen molar-refractivity contribution >= 4 is 0 Å². The Labute approximate surface area is 55.0 Å². The minimum atomic E-state index is -0.681. The van der Waals surface area contributed by atoms with Gasteiger partial charge in [-0.05, 0) is 14.1 Å². The van der Waals surface area contributed by atoms with Gasteiger partial charge in [-0.2, -0.15) is 0 Å². The van der Waals surface area contributed by atoms with E-state index in [0.29, 0.717) is 6.54 Å². The monoisotopic (exact) mass is 132 g/mol. The lowest BCUT2D eigenvalue weighted by atomic mass is 10.2. The quantitative estimate of drug-likeness (QED) is 0.534. The number of likely N-dealkylation sites (tertiary alicyclic amines) is 1. The lowest BCUT2D eigenvalue weighted by Gasteiger charge is -2.08. The van der Waals surface area contributed by atoms with Crippen LogP contribution >= 0.6 is 0 Å². The van der Waals surface area contributed by atoms with Crippen LogP contribution in [0.1, 0.15) is 0 Å². The Morgan fingerprint density at radius 2 is 2.22 bits per heavy atom. The van der Waals surface area contributed by atoms with E-state index < -0.39 is 6.17 Å². The van der Waals surface area contributed by atoms with Crippen LogP contribution in [0.25, 0.3) is 0 Å². The maximum atomic E-state index is 12.7. The van der Waals surface area contributed by atoms with Crippen molar-refractivity contribution in [2.24, 2.45) is 0 Å². The first-order valence-electron chi connectivity index (χ1n) is 3.24. The second-order valence-corrected chi connectivity index (χ2v) is 2.63. The Balaban J connectivity index is 2.38. The van der Waals surface area contributed by atoms with E-state index in [2.05, 4.69) is 5.32 Å². The number of nitrogens with zero attached hydrogens (tertiary/aromatic N) is 1. The van der Waals surface area contributed by atoms with Crippen molar-refractivity contribution < 1.29 is 4.39 Å². The Hall–Kier alpha value is -0.150. The molecular formula is C6H13FN2. The van der Waals surface area contributed by atoms with Gasteiger partial charge in [-0.25, -0.2) is 4.39 Å². The predicted octanol–water partition coefficient (Wildman–Crippen LogP) is -0.142. The van der Waals surface area contributed by atoms with Crippen molar-refractivity contribution in [2.75, 3.05) is 27.2 Å². The smallest absolute Gasteiger partial charge is 0.129 e. The predicted molar refractivity (Wildman–Crippen MR) is 35.2 cm³/mol. The highest BCUT2D eigenvalue weighted by atomic mass is 19.1. The number of halogens is 1. The van der Waals surface area contributed by atoms with Crippen LogP contribution in [0.3, 0.4) is 0 Å². The Morgan fingerprint density at radius 3 is 2.44 bits per heavy atom. The molecule has 0 aromatic carbocycles. The average Bonchev–Trinajstić information content (AvgIpc) is 2.10. The second kappa shape index (κ2) is 2.62. The molecule has 2 atom stereocenters. The van der Waals surface area contributed by atoms with Gasteiger partial charge in [0.1, 0.15) is 6.17 Å². The molecule has 1 heterocycles. The minimum absolute atomic E-state index is 0.0509. The number of likely N-dealkylation sites (N-methyl/N-ethyl adjacent to an activating group) is 2. The zero-order chi connectivity index (χ0) is 6.85. The summed E-state index contributed by atoms with van der Waals surface area (Å²) >= 11 is 0. The van der Waals surface area contributed by atoms with Gasteiger partial charge in [-0.3, -0.25) is 0 Å². The van der Waals surface area contributed by atoms with Gasteiger partial charge in [-0.1, -0.05) is 0 Å². The molecule has 0 amide bonds. The van der Waals surface area contributed by atoms with E-state index in [1.165, 1.54) is 0 Å². The standard InChI is InChI=1S/C6H13FN2/c1-8-6-4-9(2)3-5(6)7/h5-6,8H,3-4H2,1-2H3/t5?,6-/m0/s1. The van der Waals surface area contributed by atoms with Crippen LogP contribution in [0.15, 0.2) is 0 Å². The number of hydrogen-bond donors (Lipinski definition) is 1.